The van der Waals surface area contributed by atoms with Crippen molar-refractivity contribution in [3.63, 3.8) is 0 Å². The summed E-state index contributed by atoms with van der Waals surface area (Å²) in [5, 5.41) is 0. The summed E-state index contributed by atoms with van der Waals surface area (Å²) in [6.45, 7) is 3.16. The van der Waals surface area contributed by atoms with Crippen LogP contribution >= 0.6 is 0 Å². The Labute approximate surface area is 146 Å². The Morgan fingerprint density at radius 3 is 1.46 bits per heavy atom. The Balaban J connectivity index is 0.00000104. The molecule has 0 saturated heterocycles. The number of rotatable bonds is 2. The summed E-state index contributed by atoms with van der Waals surface area (Å²) < 4.78 is 0. The fourth-order valence-electron chi connectivity index (χ4n) is 3.22. The molecule has 0 amide bonds. The number of para-hydroxylation sites is 5. The molecule has 0 unspecified atom stereocenters. The van der Waals surface area contributed by atoms with Crippen LogP contribution < -0.4 is 9.80 Å². The lowest BCUT2D eigenvalue weighted by molar-refractivity contribution is 0.999. The van der Waals surface area contributed by atoms with E-state index in [9.17, 15) is 0 Å². The van der Waals surface area contributed by atoms with Crippen LogP contribution in [0.15, 0.2) is 78.9 Å². The van der Waals surface area contributed by atoms with Crippen molar-refractivity contribution in [1.82, 2.24) is 0 Å². The predicted molar refractivity (Wildman–Crippen MR) is 107 cm³/mol. The molecule has 1 aliphatic rings. The summed E-state index contributed by atoms with van der Waals surface area (Å²) in [5.41, 5.74) is 6.17. The summed E-state index contributed by atoms with van der Waals surface area (Å²) >= 11 is 0. The zero-order chi connectivity index (χ0) is 14.9. The number of nitrogens with zero attached hydrogens (tertiary/aromatic N) is 2. The van der Waals surface area contributed by atoms with Gasteiger partial charge in [-0.15, -0.1) is 0 Å². The first-order valence-electron chi connectivity index (χ1n) is 7.71. The summed E-state index contributed by atoms with van der Waals surface area (Å²) in [6, 6.07) is 27.8. The highest BCUT2D eigenvalue weighted by Gasteiger charge is 2.27. The van der Waals surface area contributed by atoms with E-state index in [1.165, 1.54) is 28.4 Å². The summed E-state index contributed by atoms with van der Waals surface area (Å²) in [4.78, 5) is 4.72. The molecule has 0 atom stereocenters. The van der Waals surface area contributed by atoms with Crippen LogP contribution in [-0.2, 0) is 0 Å². The van der Waals surface area contributed by atoms with Crippen molar-refractivity contribution in [3.8, 4) is 0 Å². The minimum Gasteiger partial charge on any atom is -0.338 e. The van der Waals surface area contributed by atoms with Gasteiger partial charge in [-0.25, -0.2) is 0 Å². The van der Waals surface area contributed by atoms with Crippen molar-refractivity contribution in [2.24, 2.45) is 0 Å². The van der Waals surface area contributed by atoms with Gasteiger partial charge in [0.15, 0.2) is 0 Å². The van der Waals surface area contributed by atoms with Gasteiger partial charge in [0.2, 0.25) is 0 Å². The largest absolute Gasteiger partial charge is 0.338 e. The highest BCUT2D eigenvalue weighted by molar-refractivity contribution is 5.97. The van der Waals surface area contributed by atoms with Gasteiger partial charge in [0.25, 0.3) is 0 Å². The lowest BCUT2D eigenvalue weighted by Gasteiger charge is -2.39. The smallest absolute Gasteiger partial charge is 0.0699 e. The predicted octanol–water partition coefficient (Wildman–Crippen LogP) is 6.90. The van der Waals surface area contributed by atoms with E-state index >= 15 is 0 Å². The molecule has 0 N–H and O–H groups in total. The topological polar surface area (TPSA) is 6.48 Å². The number of hydrogen-bond acceptors (Lipinski definition) is 2. The standard InChI is InChI=1S/C20H18N2.2CH4/c1-2-21-17-12-6-8-14-19(17)22(16-10-4-3-5-11-16)20-15-9-7-13-18(20)21;;/h3-15H,2H2,1H3;2*1H4. The van der Waals surface area contributed by atoms with E-state index < -0.39 is 0 Å². The van der Waals surface area contributed by atoms with Crippen molar-refractivity contribution in [2.75, 3.05) is 16.3 Å². The molecule has 3 aromatic carbocycles. The average Bonchev–Trinajstić information content (AvgIpc) is 2.60. The maximum atomic E-state index is 2.38. The van der Waals surface area contributed by atoms with Crippen LogP contribution in [0.25, 0.3) is 0 Å². The second-order valence-electron chi connectivity index (χ2n) is 5.39. The molecular weight excluding hydrogens is 292 g/mol. The van der Waals surface area contributed by atoms with E-state index in [0.717, 1.165) is 6.54 Å². The van der Waals surface area contributed by atoms with Crippen LogP contribution in [-0.4, -0.2) is 6.54 Å². The molecule has 0 spiro atoms. The molecule has 0 aliphatic carbocycles. The molecular formula is C22H26N2. The maximum Gasteiger partial charge on any atom is 0.0699 e. The molecule has 2 heteroatoms. The molecule has 124 valence electrons. The van der Waals surface area contributed by atoms with E-state index in [1.54, 1.807) is 0 Å². The fourth-order valence-corrected chi connectivity index (χ4v) is 3.22. The Morgan fingerprint density at radius 1 is 0.583 bits per heavy atom. The monoisotopic (exact) mass is 318 g/mol. The van der Waals surface area contributed by atoms with E-state index in [2.05, 4.69) is 95.6 Å². The Hall–Kier alpha value is -2.74. The molecule has 0 fully saturated rings. The minimum absolute atomic E-state index is 0. The van der Waals surface area contributed by atoms with Gasteiger partial charge in [-0.1, -0.05) is 57.3 Å². The third-order valence-electron chi connectivity index (χ3n) is 4.16. The van der Waals surface area contributed by atoms with Crippen molar-refractivity contribution in [2.45, 2.75) is 21.8 Å². The summed E-state index contributed by atoms with van der Waals surface area (Å²) in [7, 11) is 0. The van der Waals surface area contributed by atoms with Crippen molar-refractivity contribution >= 4 is 28.4 Å². The fraction of sp³-hybridized carbons (Fsp3) is 0.182. The highest BCUT2D eigenvalue weighted by Crippen LogP contribution is 2.50. The summed E-state index contributed by atoms with van der Waals surface area (Å²) in [5.74, 6) is 0. The van der Waals surface area contributed by atoms with Gasteiger partial charge in [0.1, 0.15) is 0 Å². The van der Waals surface area contributed by atoms with Gasteiger partial charge >= 0.3 is 0 Å². The van der Waals surface area contributed by atoms with Crippen LogP contribution in [0, 0.1) is 0 Å². The first-order valence-corrected chi connectivity index (χ1v) is 7.71. The third kappa shape index (κ3) is 2.65. The first kappa shape index (κ1) is 17.6. The number of anilines is 5. The van der Waals surface area contributed by atoms with Gasteiger partial charge in [-0.2, -0.15) is 0 Å². The molecule has 2 nitrogen and oxygen atoms in total. The van der Waals surface area contributed by atoms with Crippen LogP contribution in [0.4, 0.5) is 28.4 Å². The quantitative estimate of drug-likeness (QED) is 0.507. The average molecular weight is 318 g/mol. The van der Waals surface area contributed by atoms with Crippen LogP contribution in [0.5, 0.6) is 0 Å². The minimum atomic E-state index is 0. The van der Waals surface area contributed by atoms with E-state index in [4.69, 9.17) is 0 Å². The Morgan fingerprint density at radius 2 is 1.00 bits per heavy atom. The third-order valence-corrected chi connectivity index (χ3v) is 4.16. The zero-order valence-corrected chi connectivity index (χ0v) is 12.6. The van der Waals surface area contributed by atoms with Crippen molar-refractivity contribution in [3.05, 3.63) is 78.9 Å². The zero-order valence-electron chi connectivity index (χ0n) is 12.6. The summed E-state index contributed by atoms with van der Waals surface area (Å²) in [6.07, 6.45) is 0. The maximum absolute atomic E-state index is 2.38. The van der Waals surface area contributed by atoms with E-state index in [0.29, 0.717) is 0 Å². The van der Waals surface area contributed by atoms with Gasteiger partial charge in [0, 0.05) is 12.2 Å². The van der Waals surface area contributed by atoms with Crippen molar-refractivity contribution < 1.29 is 0 Å². The van der Waals surface area contributed by atoms with Gasteiger partial charge in [-0.05, 0) is 43.3 Å². The normalized spacial score (nSPS) is 11.7. The van der Waals surface area contributed by atoms with Crippen LogP contribution in [0.1, 0.15) is 21.8 Å². The molecule has 0 bridgehead atoms. The lowest BCUT2D eigenvalue weighted by atomic mass is 10.1. The molecule has 0 aromatic heterocycles. The second-order valence-corrected chi connectivity index (χ2v) is 5.39. The molecule has 3 aromatic rings. The Kier molecular flexibility index (Phi) is 5.30. The second kappa shape index (κ2) is 7.22. The molecule has 0 radical (unpaired) electrons. The number of benzene rings is 3. The highest BCUT2D eigenvalue weighted by atomic mass is 15.3. The van der Waals surface area contributed by atoms with E-state index in [1.807, 2.05) is 0 Å². The van der Waals surface area contributed by atoms with Crippen LogP contribution in [0.3, 0.4) is 0 Å². The SMILES string of the molecule is C.C.CCN1c2ccccc2N(c2ccccc2)c2ccccc21. The van der Waals surface area contributed by atoms with Gasteiger partial charge in [0.05, 0.1) is 22.7 Å². The lowest BCUT2D eigenvalue weighted by Crippen LogP contribution is -2.26. The van der Waals surface area contributed by atoms with Crippen LogP contribution in [0.2, 0.25) is 0 Å². The Bertz CT molecular complexity index is 748. The molecule has 1 heterocycles. The molecule has 0 saturated carbocycles. The van der Waals surface area contributed by atoms with E-state index in [-0.39, 0.29) is 14.9 Å². The number of hydrogen-bond donors (Lipinski definition) is 0. The molecule has 24 heavy (non-hydrogen) atoms. The molecule has 4 rings (SSSR count). The van der Waals surface area contributed by atoms with Gasteiger partial charge < -0.3 is 9.80 Å². The van der Waals surface area contributed by atoms with Gasteiger partial charge in [-0.3, -0.25) is 0 Å². The molecule has 1 aliphatic heterocycles. The van der Waals surface area contributed by atoms with Crippen molar-refractivity contribution in [1.29, 1.82) is 0 Å². The first-order chi connectivity index (χ1) is 10.9. The number of fused-ring (bicyclic) bond motifs is 2.